The number of rotatable bonds is 7. The van der Waals surface area contributed by atoms with Crippen LogP contribution in [0.25, 0.3) is 0 Å². The largest absolute Gasteiger partial charge is 0.489 e. The van der Waals surface area contributed by atoms with Crippen molar-refractivity contribution in [2.75, 3.05) is 6.61 Å². The normalized spacial score (nSPS) is 11.7. The molecule has 2 aromatic carbocycles. The Hall–Kier alpha value is -2.33. The predicted octanol–water partition coefficient (Wildman–Crippen LogP) is 3.25. The molecule has 0 fully saturated rings. The quantitative estimate of drug-likeness (QED) is 0.797. The molecule has 0 aromatic heterocycles. The number of ether oxygens (including phenoxy) is 2. The number of hydrogen-bond donors (Lipinski definition) is 1. The average molecular weight is 300 g/mol. The van der Waals surface area contributed by atoms with Crippen LogP contribution >= 0.6 is 0 Å². The Balaban J connectivity index is 1.95. The molecule has 2 aromatic rings. The zero-order valence-electron chi connectivity index (χ0n) is 12.6. The van der Waals surface area contributed by atoms with Gasteiger partial charge in [0.1, 0.15) is 12.4 Å². The summed E-state index contributed by atoms with van der Waals surface area (Å²) in [6, 6.07) is 17.0. The number of carbonyl (C=O) groups is 1. The van der Waals surface area contributed by atoms with Gasteiger partial charge in [-0.1, -0.05) is 42.5 Å². The van der Waals surface area contributed by atoms with Crippen LogP contribution in [-0.4, -0.2) is 17.7 Å². The molecule has 0 amide bonds. The molecule has 0 heterocycles. The van der Waals surface area contributed by atoms with Gasteiger partial charge in [-0.05, 0) is 30.2 Å². The first-order chi connectivity index (χ1) is 10.7. The van der Waals surface area contributed by atoms with E-state index in [1.807, 2.05) is 36.4 Å². The van der Waals surface area contributed by atoms with E-state index in [-0.39, 0.29) is 6.42 Å². The molecule has 1 N–H and O–H groups in total. The summed E-state index contributed by atoms with van der Waals surface area (Å²) < 4.78 is 10.5. The molecule has 1 atom stereocenters. The SMILES string of the molecule is CCOC(=O)C[C@@H](O)c1cccc(OCc2ccccc2)c1. The lowest BCUT2D eigenvalue weighted by atomic mass is 10.1. The maximum atomic E-state index is 11.4. The Labute approximate surface area is 130 Å². The molecule has 0 aliphatic rings. The third-order valence-electron chi connectivity index (χ3n) is 3.16. The lowest BCUT2D eigenvalue weighted by Gasteiger charge is -2.12. The van der Waals surface area contributed by atoms with Crippen LogP contribution in [0.4, 0.5) is 0 Å². The van der Waals surface area contributed by atoms with Crippen molar-refractivity contribution in [1.29, 1.82) is 0 Å². The van der Waals surface area contributed by atoms with Crippen molar-refractivity contribution >= 4 is 5.97 Å². The van der Waals surface area contributed by atoms with Gasteiger partial charge in [0.15, 0.2) is 0 Å². The van der Waals surface area contributed by atoms with Gasteiger partial charge < -0.3 is 14.6 Å². The van der Waals surface area contributed by atoms with E-state index in [0.29, 0.717) is 24.5 Å². The van der Waals surface area contributed by atoms with Crippen LogP contribution in [0.5, 0.6) is 5.75 Å². The molecule has 2 rings (SSSR count). The van der Waals surface area contributed by atoms with Crippen molar-refractivity contribution < 1.29 is 19.4 Å². The summed E-state index contributed by atoms with van der Waals surface area (Å²) in [4.78, 5) is 11.4. The van der Waals surface area contributed by atoms with Gasteiger partial charge in [0.2, 0.25) is 0 Å². The van der Waals surface area contributed by atoms with Crippen molar-refractivity contribution in [2.24, 2.45) is 0 Å². The van der Waals surface area contributed by atoms with Gasteiger partial charge in [-0.15, -0.1) is 0 Å². The minimum absolute atomic E-state index is 0.0595. The summed E-state index contributed by atoms with van der Waals surface area (Å²) >= 11 is 0. The lowest BCUT2D eigenvalue weighted by Crippen LogP contribution is -2.10. The number of carbonyl (C=O) groups excluding carboxylic acids is 1. The Morgan fingerprint density at radius 2 is 1.91 bits per heavy atom. The summed E-state index contributed by atoms with van der Waals surface area (Å²) in [5.41, 5.74) is 1.71. The van der Waals surface area contributed by atoms with E-state index in [2.05, 4.69) is 0 Å². The molecule has 4 nitrogen and oxygen atoms in total. The predicted molar refractivity (Wildman–Crippen MR) is 83.4 cm³/mol. The van der Waals surface area contributed by atoms with Crippen LogP contribution in [0.3, 0.4) is 0 Å². The van der Waals surface area contributed by atoms with Gasteiger partial charge in [0, 0.05) is 0 Å². The highest BCUT2D eigenvalue weighted by molar-refractivity contribution is 5.70. The van der Waals surface area contributed by atoms with E-state index in [1.54, 1.807) is 25.1 Å². The zero-order valence-corrected chi connectivity index (χ0v) is 12.6. The molecule has 0 unspecified atom stereocenters. The fraction of sp³-hybridized carbons (Fsp3) is 0.278. The van der Waals surface area contributed by atoms with Crippen molar-refractivity contribution in [3.63, 3.8) is 0 Å². The monoisotopic (exact) mass is 300 g/mol. The zero-order chi connectivity index (χ0) is 15.8. The van der Waals surface area contributed by atoms with E-state index in [4.69, 9.17) is 9.47 Å². The maximum Gasteiger partial charge on any atom is 0.308 e. The summed E-state index contributed by atoms with van der Waals surface area (Å²) in [5, 5.41) is 10.1. The third kappa shape index (κ3) is 4.90. The highest BCUT2D eigenvalue weighted by atomic mass is 16.5. The average Bonchev–Trinajstić information content (AvgIpc) is 2.54. The van der Waals surface area contributed by atoms with Crippen molar-refractivity contribution in [3.05, 3.63) is 65.7 Å². The summed E-state index contributed by atoms with van der Waals surface area (Å²) in [5.74, 6) is 0.245. The summed E-state index contributed by atoms with van der Waals surface area (Å²) in [6.45, 7) is 2.51. The second-order valence-electron chi connectivity index (χ2n) is 4.87. The Morgan fingerprint density at radius 1 is 1.14 bits per heavy atom. The van der Waals surface area contributed by atoms with Crippen LogP contribution in [0.1, 0.15) is 30.6 Å². The Kier molecular flexibility index (Phi) is 5.98. The first-order valence-electron chi connectivity index (χ1n) is 7.29. The maximum absolute atomic E-state index is 11.4. The number of aliphatic hydroxyl groups is 1. The lowest BCUT2D eigenvalue weighted by molar-refractivity contribution is -0.145. The van der Waals surface area contributed by atoms with E-state index < -0.39 is 12.1 Å². The smallest absolute Gasteiger partial charge is 0.308 e. The number of hydrogen-bond acceptors (Lipinski definition) is 4. The molecule has 116 valence electrons. The van der Waals surface area contributed by atoms with E-state index >= 15 is 0 Å². The van der Waals surface area contributed by atoms with Crippen LogP contribution < -0.4 is 4.74 Å². The van der Waals surface area contributed by atoms with Gasteiger partial charge in [0.05, 0.1) is 19.1 Å². The van der Waals surface area contributed by atoms with Gasteiger partial charge in [-0.25, -0.2) is 0 Å². The highest BCUT2D eigenvalue weighted by Crippen LogP contribution is 2.22. The first-order valence-corrected chi connectivity index (χ1v) is 7.29. The van der Waals surface area contributed by atoms with E-state index in [0.717, 1.165) is 5.56 Å². The van der Waals surface area contributed by atoms with Crippen LogP contribution in [-0.2, 0) is 16.1 Å². The fourth-order valence-corrected chi connectivity index (χ4v) is 2.05. The van der Waals surface area contributed by atoms with Crippen molar-refractivity contribution in [2.45, 2.75) is 26.1 Å². The number of aliphatic hydroxyl groups excluding tert-OH is 1. The number of benzene rings is 2. The molecular formula is C18H20O4. The van der Waals surface area contributed by atoms with Gasteiger partial charge in [0.25, 0.3) is 0 Å². The minimum atomic E-state index is -0.890. The second-order valence-corrected chi connectivity index (χ2v) is 4.87. The Morgan fingerprint density at radius 3 is 2.64 bits per heavy atom. The van der Waals surface area contributed by atoms with E-state index in [9.17, 15) is 9.90 Å². The van der Waals surface area contributed by atoms with E-state index in [1.165, 1.54) is 0 Å². The van der Waals surface area contributed by atoms with Gasteiger partial charge in [-0.2, -0.15) is 0 Å². The molecule has 0 aliphatic carbocycles. The van der Waals surface area contributed by atoms with Gasteiger partial charge in [-0.3, -0.25) is 4.79 Å². The van der Waals surface area contributed by atoms with Crippen molar-refractivity contribution in [1.82, 2.24) is 0 Å². The van der Waals surface area contributed by atoms with Crippen LogP contribution in [0, 0.1) is 0 Å². The molecule has 22 heavy (non-hydrogen) atoms. The first kappa shape index (κ1) is 16.0. The summed E-state index contributed by atoms with van der Waals surface area (Å²) in [7, 11) is 0. The molecule has 0 radical (unpaired) electrons. The molecule has 0 saturated carbocycles. The second kappa shape index (κ2) is 8.20. The van der Waals surface area contributed by atoms with Crippen molar-refractivity contribution in [3.8, 4) is 5.75 Å². The minimum Gasteiger partial charge on any atom is -0.489 e. The number of esters is 1. The molecule has 0 bridgehead atoms. The molecule has 0 spiro atoms. The summed E-state index contributed by atoms with van der Waals surface area (Å²) in [6.07, 6.45) is -0.949. The molecule has 0 aliphatic heterocycles. The fourth-order valence-electron chi connectivity index (χ4n) is 2.05. The Bertz CT molecular complexity index is 595. The molecule has 4 heteroatoms. The van der Waals surface area contributed by atoms with Crippen LogP contribution in [0.2, 0.25) is 0 Å². The third-order valence-corrected chi connectivity index (χ3v) is 3.16. The standard InChI is InChI=1S/C18H20O4/c1-2-21-18(20)12-17(19)15-9-6-10-16(11-15)22-13-14-7-4-3-5-8-14/h3-11,17,19H,2,12-13H2,1H3/t17-/m1/s1. The highest BCUT2D eigenvalue weighted by Gasteiger charge is 2.14. The van der Waals surface area contributed by atoms with Crippen LogP contribution in [0.15, 0.2) is 54.6 Å². The molecule has 0 saturated heterocycles. The van der Waals surface area contributed by atoms with Gasteiger partial charge >= 0.3 is 5.97 Å². The topological polar surface area (TPSA) is 55.8 Å². The molecular weight excluding hydrogens is 280 g/mol.